The van der Waals surface area contributed by atoms with E-state index >= 15 is 0 Å². The number of nitrogens with zero attached hydrogens (tertiary/aromatic N) is 1. The second-order valence-electron chi connectivity index (χ2n) is 6.77. The molecule has 0 fully saturated rings. The number of hydrogen-bond acceptors (Lipinski definition) is 6. The van der Waals surface area contributed by atoms with Crippen molar-refractivity contribution >= 4 is 30.0 Å². The van der Waals surface area contributed by atoms with E-state index in [0.717, 1.165) is 5.56 Å². The number of para-hydroxylation sites is 1. The molecule has 0 aliphatic carbocycles. The molecule has 1 heterocycles. The molecule has 0 saturated heterocycles. The third-order valence-corrected chi connectivity index (χ3v) is 4.59. The van der Waals surface area contributed by atoms with Gasteiger partial charge >= 0.3 is 11.9 Å². The van der Waals surface area contributed by atoms with E-state index in [4.69, 9.17) is 14.2 Å². The van der Waals surface area contributed by atoms with Crippen LogP contribution in [0.2, 0.25) is 0 Å². The minimum atomic E-state index is -0.575. The maximum Gasteiger partial charge on any atom is 0.363 e. The summed E-state index contributed by atoms with van der Waals surface area (Å²) in [4.78, 5) is 29.0. The Kier molecular flexibility index (Phi) is 6.22. The predicted molar refractivity (Wildman–Crippen MR) is 121 cm³/mol. The lowest BCUT2D eigenvalue weighted by atomic mass is 10.1. The van der Waals surface area contributed by atoms with Crippen LogP contribution in [0.15, 0.2) is 95.6 Å². The van der Waals surface area contributed by atoms with Crippen LogP contribution < -0.4 is 9.47 Å². The first-order valence-corrected chi connectivity index (χ1v) is 9.83. The highest BCUT2D eigenvalue weighted by Crippen LogP contribution is 2.25. The molecule has 6 heteroatoms. The molecule has 0 unspecified atom stereocenters. The summed E-state index contributed by atoms with van der Waals surface area (Å²) in [6, 6.07) is 23.1. The van der Waals surface area contributed by atoms with Crippen LogP contribution in [0, 0.1) is 0 Å². The number of benzene rings is 3. The third-order valence-electron chi connectivity index (χ3n) is 4.59. The SMILES string of the molecule is COc1ccc(C(=O)Oc2ccccc2C=C2N=C(C=Cc3ccccc3)OC2=O)cc1. The van der Waals surface area contributed by atoms with Gasteiger partial charge < -0.3 is 14.2 Å². The van der Waals surface area contributed by atoms with Crippen LogP contribution in [0.3, 0.4) is 0 Å². The molecular formula is C26H19NO5. The molecule has 0 aromatic heterocycles. The van der Waals surface area contributed by atoms with Gasteiger partial charge in [0.1, 0.15) is 11.5 Å². The topological polar surface area (TPSA) is 74.2 Å². The molecule has 0 amide bonds. The summed E-state index contributed by atoms with van der Waals surface area (Å²) in [5, 5.41) is 0. The van der Waals surface area contributed by atoms with Crippen molar-refractivity contribution in [3.05, 3.63) is 107 Å². The molecule has 3 aromatic carbocycles. The number of methoxy groups -OCH3 is 1. The first kappa shape index (κ1) is 20.8. The Labute approximate surface area is 185 Å². The van der Waals surface area contributed by atoms with E-state index in [0.29, 0.717) is 22.6 Å². The third kappa shape index (κ3) is 4.99. The summed E-state index contributed by atoms with van der Waals surface area (Å²) in [5.41, 5.74) is 1.98. The van der Waals surface area contributed by atoms with Crippen molar-refractivity contribution in [2.24, 2.45) is 4.99 Å². The van der Waals surface area contributed by atoms with E-state index in [1.54, 1.807) is 67.8 Å². The fourth-order valence-electron chi connectivity index (χ4n) is 2.95. The molecule has 32 heavy (non-hydrogen) atoms. The number of hydrogen-bond donors (Lipinski definition) is 0. The van der Waals surface area contributed by atoms with E-state index < -0.39 is 11.9 Å². The van der Waals surface area contributed by atoms with E-state index in [1.807, 2.05) is 30.3 Å². The summed E-state index contributed by atoms with van der Waals surface area (Å²) < 4.78 is 15.9. The van der Waals surface area contributed by atoms with Gasteiger partial charge in [-0.05, 0) is 48.0 Å². The lowest BCUT2D eigenvalue weighted by Crippen LogP contribution is -2.09. The number of cyclic esters (lactones) is 1. The van der Waals surface area contributed by atoms with E-state index in [9.17, 15) is 9.59 Å². The molecular weight excluding hydrogens is 406 g/mol. The van der Waals surface area contributed by atoms with Gasteiger partial charge in [0.25, 0.3) is 0 Å². The molecule has 0 saturated carbocycles. The lowest BCUT2D eigenvalue weighted by molar-refractivity contribution is -0.129. The van der Waals surface area contributed by atoms with Crippen LogP contribution in [0.5, 0.6) is 11.5 Å². The van der Waals surface area contributed by atoms with Crippen molar-refractivity contribution in [1.29, 1.82) is 0 Å². The Morgan fingerprint density at radius 3 is 2.38 bits per heavy atom. The molecule has 158 valence electrons. The van der Waals surface area contributed by atoms with Crippen LogP contribution in [0.1, 0.15) is 21.5 Å². The molecule has 6 nitrogen and oxygen atoms in total. The van der Waals surface area contributed by atoms with Gasteiger partial charge in [0, 0.05) is 11.6 Å². The van der Waals surface area contributed by atoms with Gasteiger partial charge in [-0.25, -0.2) is 14.6 Å². The van der Waals surface area contributed by atoms with Crippen LogP contribution in [0.4, 0.5) is 0 Å². The summed E-state index contributed by atoms with van der Waals surface area (Å²) in [6.45, 7) is 0. The largest absolute Gasteiger partial charge is 0.497 e. The maximum absolute atomic E-state index is 12.5. The Hall–Kier alpha value is -4.45. The molecule has 0 spiro atoms. The number of ether oxygens (including phenoxy) is 3. The van der Waals surface area contributed by atoms with E-state index in [-0.39, 0.29) is 11.6 Å². The standard InChI is InChI=1S/C26H19NO5/c1-30-21-14-12-19(13-15-21)25(28)31-23-10-6-5-9-20(23)17-22-26(29)32-24(27-22)16-11-18-7-3-2-4-8-18/h2-17H,1H3. The van der Waals surface area contributed by atoms with Crippen LogP contribution in [-0.2, 0) is 9.53 Å². The quantitative estimate of drug-likeness (QED) is 0.318. The van der Waals surface area contributed by atoms with Crippen molar-refractivity contribution < 1.29 is 23.8 Å². The Bertz CT molecular complexity index is 1220. The molecule has 0 bridgehead atoms. The lowest BCUT2D eigenvalue weighted by Gasteiger charge is -2.08. The zero-order valence-electron chi connectivity index (χ0n) is 17.2. The molecule has 4 rings (SSSR count). The minimum Gasteiger partial charge on any atom is -0.497 e. The summed E-state index contributed by atoms with van der Waals surface area (Å²) >= 11 is 0. The van der Waals surface area contributed by atoms with Gasteiger partial charge in [0.15, 0.2) is 5.70 Å². The summed E-state index contributed by atoms with van der Waals surface area (Å²) in [5.74, 6) is 0.0350. The van der Waals surface area contributed by atoms with Gasteiger partial charge in [-0.3, -0.25) is 0 Å². The predicted octanol–water partition coefficient (Wildman–Crippen LogP) is 4.92. The highest BCUT2D eigenvalue weighted by molar-refractivity contribution is 6.11. The average Bonchev–Trinajstić information content (AvgIpc) is 3.18. The first-order valence-electron chi connectivity index (χ1n) is 9.83. The van der Waals surface area contributed by atoms with Gasteiger partial charge in [-0.15, -0.1) is 0 Å². The van der Waals surface area contributed by atoms with Gasteiger partial charge in [0.2, 0.25) is 5.90 Å². The molecule has 1 aliphatic rings. The van der Waals surface area contributed by atoms with Crippen LogP contribution in [0.25, 0.3) is 12.2 Å². The van der Waals surface area contributed by atoms with Gasteiger partial charge in [-0.1, -0.05) is 48.5 Å². The van der Waals surface area contributed by atoms with Crippen LogP contribution >= 0.6 is 0 Å². The number of aliphatic imine (C=N–C) groups is 1. The second-order valence-corrected chi connectivity index (χ2v) is 6.77. The zero-order valence-corrected chi connectivity index (χ0v) is 17.2. The fraction of sp³-hybridized carbons (Fsp3) is 0.0385. The summed E-state index contributed by atoms with van der Waals surface area (Å²) in [7, 11) is 1.55. The van der Waals surface area contributed by atoms with Crippen LogP contribution in [-0.4, -0.2) is 24.9 Å². The fourth-order valence-corrected chi connectivity index (χ4v) is 2.95. The number of carbonyl (C=O) groups is 2. The molecule has 1 aliphatic heterocycles. The maximum atomic E-state index is 12.5. The molecule has 3 aromatic rings. The Balaban J connectivity index is 1.54. The van der Waals surface area contributed by atoms with E-state index in [1.165, 1.54) is 6.08 Å². The van der Waals surface area contributed by atoms with Crippen molar-refractivity contribution in [2.75, 3.05) is 7.11 Å². The molecule has 0 N–H and O–H groups in total. The average molecular weight is 425 g/mol. The van der Waals surface area contributed by atoms with Crippen molar-refractivity contribution in [2.45, 2.75) is 0 Å². The number of rotatable bonds is 6. The first-order chi connectivity index (χ1) is 15.6. The molecule has 0 radical (unpaired) electrons. The zero-order chi connectivity index (χ0) is 22.3. The van der Waals surface area contributed by atoms with E-state index in [2.05, 4.69) is 4.99 Å². The second kappa shape index (κ2) is 9.57. The number of esters is 2. The normalized spacial score (nSPS) is 14.3. The summed E-state index contributed by atoms with van der Waals surface area (Å²) in [6.07, 6.45) is 4.96. The minimum absolute atomic E-state index is 0.116. The van der Waals surface area contributed by atoms with Crippen molar-refractivity contribution in [1.82, 2.24) is 0 Å². The van der Waals surface area contributed by atoms with Crippen molar-refractivity contribution in [3.8, 4) is 11.5 Å². The Morgan fingerprint density at radius 2 is 1.62 bits per heavy atom. The van der Waals surface area contributed by atoms with Gasteiger partial charge in [0.05, 0.1) is 12.7 Å². The smallest absolute Gasteiger partial charge is 0.363 e. The monoisotopic (exact) mass is 425 g/mol. The molecule has 0 atom stereocenters. The number of carbonyl (C=O) groups excluding carboxylic acids is 2. The van der Waals surface area contributed by atoms with Crippen molar-refractivity contribution in [3.63, 3.8) is 0 Å². The Morgan fingerprint density at radius 1 is 0.906 bits per heavy atom. The van der Waals surface area contributed by atoms with Gasteiger partial charge in [-0.2, -0.15) is 0 Å². The highest BCUT2D eigenvalue weighted by atomic mass is 16.6. The highest BCUT2D eigenvalue weighted by Gasteiger charge is 2.22.